The molecule has 2 nitrogen and oxygen atoms in total. The van der Waals surface area contributed by atoms with Crippen LogP contribution >= 0.6 is 11.8 Å². The van der Waals surface area contributed by atoms with Crippen molar-refractivity contribution in [2.75, 3.05) is 6.54 Å². The van der Waals surface area contributed by atoms with Crippen LogP contribution in [0, 0.1) is 0 Å². The molecule has 0 saturated carbocycles. The van der Waals surface area contributed by atoms with E-state index >= 15 is 0 Å². The van der Waals surface area contributed by atoms with Gasteiger partial charge in [-0.1, -0.05) is 72.8 Å². The van der Waals surface area contributed by atoms with Crippen LogP contribution in [-0.2, 0) is 17.8 Å². The molecule has 0 bridgehead atoms. The second-order valence-corrected chi connectivity index (χ2v) is 8.54. The normalized spacial score (nSPS) is 20.8. The molecule has 3 heteroatoms. The molecule has 2 aliphatic rings. The summed E-state index contributed by atoms with van der Waals surface area (Å²) in [5.41, 5.74) is 5.21. The van der Waals surface area contributed by atoms with Gasteiger partial charge in [0.25, 0.3) is 0 Å². The van der Waals surface area contributed by atoms with Crippen molar-refractivity contribution in [3.8, 4) is 0 Å². The number of carbonyl (C=O) groups is 1. The maximum Gasteiger partial charge on any atom is 0.236 e. The number of hydrogen-bond acceptors (Lipinski definition) is 2. The molecule has 0 radical (unpaired) electrons. The molecule has 0 aliphatic carbocycles. The average Bonchev–Trinajstić information content (AvgIpc) is 3.17. The molecule has 5 rings (SSSR count). The number of amides is 1. The minimum atomic E-state index is 0.00378. The number of rotatable bonds is 2. The zero-order valence-electron chi connectivity index (χ0n) is 15.0. The fourth-order valence-electron chi connectivity index (χ4n) is 4.27. The smallest absolute Gasteiger partial charge is 0.236 e. The van der Waals surface area contributed by atoms with Crippen LogP contribution in [0.4, 0.5) is 0 Å². The summed E-state index contributed by atoms with van der Waals surface area (Å²) in [6.07, 6.45) is 0.841. The minimum absolute atomic E-state index is 0.00378. The van der Waals surface area contributed by atoms with Crippen molar-refractivity contribution in [1.29, 1.82) is 0 Å². The van der Waals surface area contributed by atoms with Gasteiger partial charge in [0.15, 0.2) is 0 Å². The Bertz CT molecular complexity index is 959. The largest absolute Gasteiger partial charge is 0.336 e. The lowest BCUT2D eigenvalue weighted by Gasteiger charge is -2.36. The quantitative estimate of drug-likeness (QED) is 0.640. The predicted molar refractivity (Wildman–Crippen MR) is 110 cm³/mol. The fourth-order valence-corrected chi connectivity index (χ4v) is 5.55. The summed E-state index contributed by atoms with van der Waals surface area (Å²) >= 11 is 1.73. The summed E-state index contributed by atoms with van der Waals surface area (Å²) in [6, 6.07) is 27.5. The van der Waals surface area contributed by atoms with Gasteiger partial charge in [-0.3, -0.25) is 4.79 Å². The van der Waals surface area contributed by atoms with E-state index in [0.29, 0.717) is 6.54 Å². The first-order chi connectivity index (χ1) is 13.3. The van der Waals surface area contributed by atoms with Gasteiger partial charge in [0.1, 0.15) is 0 Å². The number of hydrogen-bond donors (Lipinski definition) is 0. The Morgan fingerprint density at radius 1 is 0.852 bits per heavy atom. The van der Waals surface area contributed by atoms with Gasteiger partial charge in [-0.15, -0.1) is 11.8 Å². The number of benzene rings is 3. The van der Waals surface area contributed by atoms with E-state index in [2.05, 4.69) is 77.7 Å². The maximum atomic E-state index is 13.4. The average molecular weight is 372 g/mol. The Labute approximate surface area is 164 Å². The highest BCUT2D eigenvalue weighted by Crippen LogP contribution is 2.40. The van der Waals surface area contributed by atoms with Crippen LogP contribution in [-0.4, -0.2) is 22.6 Å². The van der Waals surface area contributed by atoms with Gasteiger partial charge in [-0.05, 0) is 34.7 Å². The second kappa shape index (κ2) is 6.90. The van der Waals surface area contributed by atoms with Crippen LogP contribution in [0.25, 0.3) is 0 Å². The molecule has 3 aromatic carbocycles. The molecular formula is C24H21NOS. The van der Waals surface area contributed by atoms with E-state index in [1.165, 1.54) is 27.1 Å². The Kier molecular flexibility index (Phi) is 4.25. The Morgan fingerprint density at radius 2 is 1.56 bits per heavy atom. The fraction of sp³-hybridized carbons (Fsp3) is 0.208. The van der Waals surface area contributed by atoms with Gasteiger partial charge in [-0.25, -0.2) is 0 Å². The molecule has 0 N–H and O–H groups in total. The van der Waals surface area contributed by atoms with Crippen LogP contribution in [0.1, 0.15) is 28.2 Å². The van der Waals surface area contributed by atoms with Crippen molar-refractivity contribution in [2.45, 2.75) is 29.0 Å². The summed E-state index contributed by atoms with van der Waals surface area (Å²) in [7, 11) is 0. The lowest BCUT2D eigenvalue weighted by Crippen LogP contribution is -2.42. The summed E-state index contributed by atoms with van der Waals surface area (Å²) in [5.74, 6) is 0.514. The third-order valence-corrected chi connectivity index (χ3v) is 6.94. The maximum absolute atomic E-state index is 13.4. The Morgan fingerprint density at radius 3 is 2.37 bits per heavy atom. The van der Waals surface area contributed by atoms with E-state index in [0.717, 1.165) is 13.0 Å². The Balaban J connectivity index is 1.44. The van der Waals surface area contributed by atoms with Crippen molar-refractivity contribution < 1.29 is 4.79 Å². The molecule has 0 unspecified atom stereocenters. The van der Waals surface area contributed by atoms with Crippen LogP contribution < -0.4 is 0 Å². The van der Waals surface area contributed by atoms with Crippen molar-refractivity contribution in [3.05, 3.63) is 101 Å². The number of carbonyl (C=O) groups excluding carboxylic acids is 1. The molecule has 1 amide bonds. The predicted octanol–water partition coefficient (Wildman–Crippen LogP) is 4.88. The van der Waals surface area contributed by atoms with Gasteiger partial charge in [0, 0.05) is 23.9 Å². The van der Waals surface area contributed by atoms with Gasteiger partial charge in [-0.2, -0.15) is 0 Å². The molecular weight excluding hydrogens is 350 g/mol. The molecule has 3 aromatic rings. The highest BCUT2D eigenvalue weighted by atomic mass is 32.2. The standard InChI is InChI=1S/C24H21NOS/c26-24(23-14-18-10-5-7-13-22(18)27-23)25-15-19-11-4-6-12-20(19)21(16-25)17-8-2-1-3-9-17/h1-13,21,23H,14-16H2/t21-,23-/m0/s1. The van der Waals surface area contributed by atoms with E-state index in [1.54, 1.807) is 11.8 Å². The van der Waals surface area contributed by atoms with E-state index in [9.17, 15) is 4.79 Å². The van der Waals surface area contributed by atoms with Crippen molar-refractivity contribution in [1.82, 2.24) is 4.90 Å². The minimum Gasteiger partial charge on any atom is -0.336 e. The highest BCUT2D eigenvalue weighted by molar-refractivity contribution is 8.01. The summed E-state index contributed by atoms with van der Waals surface area (Å²) in [6.45, 7) is 1.47. The van der Waals surface area contributed by atoms with Crippen LogP contribution in [0.5, 0.6) is 0 Å². The number of nitrogens with zero attached hydrogens (tertiary/aromatic N) is 1. The first-order valence-corrected chi connectivity index (χ1v) is 10.3. The summed E-state index contributed by atoms with van der Waals surface area (Å²) < 4.78 is 0. The highest BCUT2D eigenvalue weighted by Gasteiger charge is 2.35. The molecule has 0 aromatic heterocycles. The van der Waals surface area contributed by atoms with Gasteiger partial charge < -0.3 is 4.90 Å². The second-order valence-electron chi connectivity index (χ2n) is 7.30. The van der Waals surface area contributed by atoms with Crippen LogP contribution in [0.3, 0.4) is 0 Å². The van der Waals surface area contributed by atoms with Crippen LogP contribution in [0.15, 0.2) is 83.8 Å². The number of fused-ring (bicyclic) bond motifs is 2. The van der Waals surface area contributed by atoms with E-state index in [1.807, 2.05) is 6.07 Å². The third-order valence-electron chi connectivity index (χ3n) is 5.63. The topological polar surface area (TPSA) is 20.3 Å². The molecule has 0 saturated heterocycles. The van der Waals surface area contributed by atoms with Crippen molar-refractivity contribution in [3.63, 3.8) is 0 Å². The third kappa shape index (κ3) is 3.06. The van der Waals surface area contributed by atoms with Gasteiger partial charge in [0.05, 0.1) is 5.25 Å². The van der Waals surface area contributed by atoms with E-state index in [-0.39, 0.29) is 17.1 Å². The lowest BCUT2D eigenvalue weighted by molar-refractivity contribution is -0.131. The Hall–Kier alpha value is -2.52. The van der Waals surface area contributed by atoms with Gasteiger partial charge >= 0.3 is 0 Å². The first kappa shape index (κ1) is 16.6. The zero-order valence-corrected chi connectivity index (χ0v) is 15.9. The molecule has 0 spiro atoms. The monoisotopic (exact) mass is 371 g/mol. The first-order valence-electron chi connectivity index (χ1n) is 9.46. The zero-order chi connectivity index (χ0) is 18.2. The van der Waals surface area contributed by atoms with Gasteiger partial charge in [0.2, 0.25) is 5.91 Å². The van der Waals surface area contributed by atoms with E-state index < -0.39 is 0 Å². The SMILES string of the molecule is O=C([C@@H]1Cc2ccccc2S1)N1Cc2ccccc2[C@H](c2ccccc2)C1. The molecule has 0 fully saturated rings. The van der Waals surface area contributed by atoms with E-state index in [4.69, 9.17) is 0 Å². The molecule has 134 valence electrons. The van der Waals surface area contributed by atoms with Crippen LogP contribution in [0.2, 0.25) is 0 Å². The van der Waals surface area contributed by atoms with Crippen molar-refractivity contribution >= 4 is 17.7 Å². The summed E-state index contributed by atoms with van der Waals surface area (Å²) in [5, 5.41) is 0.00378. The van der Waals surface area contributed by atoms with Crippen molar-refractivity contribution in [2.24, 2.45) is 0 Å². The number of thioether (sulfide) groups is 1. The lowest BCUT2D eigenvalue weighted by atomic mass is 9.84. The molecule has 2 aliphatic heterocycles. The summed E-state index contributed by atoms with van der Waals surface area (Å²) in [4.78, 5) is 16.7. The molecule has 27 heavy (non-hydrogen) atoms. The molecule has 2 atom stereocenters. The molecule has 2 heterocycles.